The van der Waals surface area contributed by atoms with Gasteiger partial charge in [0.15, 0.2) is 18.2 Å². The van der Waals surface area contributed by atoms with Crippen molar-refractivity contribution in [3.63, 3.8) is 0 Å². The summed E-state index contributed by atoms with van der Waals surface area (Å²) in [5.41, 5.74) is 0.749. The van der Waals surface area contributed by atoms with E-state index in [2.05, 4.69) is 10.6 Å². The number of nitrogens with one attached hydrogen (secondary N) is 2. The fourth-order valence-corrected chi connectivity index (χ4v) is 1.90. The first-order valence-corrected chi connectivity index (χ1v) is 7.46. The van der Waals surface area contributed by atoms with Gasteiger partial charge in [-0.1, -0.05) is 26.0 Å². The molecular weight excluding hydrogens is 271 g/mol. The maximum Gasteiger partial charge on any atom is 0.257 e. The van der Waals surface area contributed by atoms with Gasteiger partial charge in [0.1, 0.15) is 0 Å². The number of hydrogen-bond donors (Lipinski definition) is 2. The first-order valence-electron chi connectivity index (χ1n) is 7.46. The molecule has 0 heterocycles. The van der Waals surface area contributed by atoms with E-state index in [1.54, 1.807) is 6.07 Å². The predicted octanol–water partition coefficient (Wildman–Crippen LogP) is 2.23. The quantitative estimate of drug-likeness (QED) is 0.773. The third kappa shape index (κ3) is 5.34. The number of carbonyl (C=O) groups is 1. The van der Waals surface area contributed by atoms with E-state index in [-0.39, 0.29) is 18.3 Å². The van der Waals surface area contributed by atoms with Gasteiger partial charge in [-0.05, 0) is 24.8 Å². The zero-order valence-corrected chi connectivity index (χ0v) is 12.6. The van der Waals surface area contributed by atoms with Crippen LogP contribution in [0.1, 0.15) is 32.3 Å². The monoisotopic (exact) mass is 294 g/mol. The lowest BCUT2D eigenvalue weighted by molar-refractivity contribution is -0.123. The molecule has 1 aliphatic carbocycles. The maximum atomic E-state index is 13.9. The van der Waals surface area contributed by atoms with E-state index < -0.39 is 5.82 Å². The van der Waals surface area contributed by atoms with Gasteiger partial charge in [-0.15, -0.1) is 0 Å². The predicted molar refractivity (Wildman–Crippen MR) is 79.6 cm³/mol. The van der Waals surface area contributed by atoms with E-state index in [9.17, 15) is 9.18 Å². The van der Waals surface area contributed by atoms with E-state index in [1.807, 2.05) is 19.9 Å². The van der Waals surface area contributed by atoms with Gasteiger partial charge in [-0.3, -0.25) is 4.79 Å². The van der Waals surface area contributed by atoms with Gasteiger partial charge < -0.3 is 15.4 Å². The van der Waals surface area contributed by atoms with Gasteiger partial charge in [0, 0.05) is 24.7 Å². The number of carbonyl (C=O) groups excluding carboxylic acids is 1. The average molecular weight is 294 g/mol. The van der Waals surface area contributed by atoms with E-state index in [4.69, 9.17) is 4.74 Å². The second-order valence-corrected chi connectivity index (χ2v) is 5.87. The molecule has 1 fully saturated rings. The summed E-state index contributed by atoms with van der Waals surface area (Å²) in [5.74, 6) is -0.110. The first-order chi connectivity index (χ1) is 10.1. The third-order valence-electron chi connectivity index (χ3n) is 3.26. The van der Waals surface area contributed by atoms with Crippen LogP contribution >= 0.6 is 0 Å². The molecule has 116 valence electrons. The second kappa shape index (κ2) is 7.41. The molecule has 1 saturated carbocycles. The summed E-state index contributed by atoms with van der Waals surface area (Å²) in [4.78, 5) is 11.6. The Labute approximate surface area is 125 Å². The molecule has 0 aromatic heterocycles. The topological polar surface area (TPSA) is 50.4 Å². The van der Waals surface area contributed by atoms with Gasteiger partial charge in [-0.2, -0.15) is 0 Å². The molecule has 1 aliphatic rings. The normalized spacial score (nSPS) is 14.3. The standard InChI is InChI=1S/C16H23FN2O2/c1-11(2)8-19-15(20)10-21-16-12(4-3-5-14(16)17)9-18-13-6-7-13/h3-5,11,13,18H,6-10H2,1-2H3,(H,19,20). The third-order valence-corrected chi connectivity index (χ3v) is 3.26. The van der Waals surface area contributed by atoms with Crippen molar-refractivity contribution in [2.75, 3.05) is 13.2 Å². The van der Waals surface area contributed by atoms with Crippen molar-refractivity contribution in [2.24, 2.45) is 5.92 Å². The Hall–Kier alpha value is -1.62. The second-order valence-electron chi connectivity index (χ2n) is 5.87. The van der Waals surface area contributed by atoms with Gasteiger partial charge in [0.25, 0.3) is 5.91 Å². The average Bonchev–Trinajstić information content (AvgIpc) is 3.26. The molecule has 2 N–H and O–H groups in total. The summed E-state index contributed by atoms with van der Waals surface area (Å²) in [6.45, 7) is 5.02. The highest BCUT2D eigenvalue weighted by Crippen LogP contribution is 2.25. The minimum atomic E-state index is -0.429. The Bertz CT molecular complexity index is 487. The number of rotatable bonds is 8. The lowest BCUT2D eigenvalue weighted by atomic mass is 10.2. The lowest BCUT2D eigenvalue weighted by Crippen LogP contribution is -2.32. The minimum absolute atomic E-state index is 0.163. The molecule has 4 nitrogen and oxygen atoms in total. The highest BCUT2D eigenvalue weighted by Gasteiger charge is 2.21. The van der Waals surface area contributed by atoms with Crippen LogP contribution in [0.2, 0.25) is 0 Å². The molecule has 0 radical (unpaired) electrons. The minimum Gasteiger partial charge on any atom is -0.480 e. The Morgan fingerprint density at radius 2 is 2.19 bits per heavy atom. The van der Waals surface area contributed by atoms with Crippen LogP contribution in [0.25, 0.3) is 0 Å². The van der Waals surface area contributed by atoms with Crippen molar-refractivity contribution < 1.29 is 13.9 Å². The number of ether oxygens (including phenoxy) is 1. The summed E-state index contributed by atoms with van der Waals surface area (Å²) in [7, 11) is 0. The molecular formula is C16H23FN2O2. The number of benzene rings is 1. The van der Waals surface area contributed by atoms with Gasteiger partial charge in [0.2, 0.25) is 0 Å². The summed E-state index contributed by atoms with van der Waals surface area (Å²) >= 11 is 0. The smallest absolute Gasteiger partial charge is 0.257 e. The van der Waals surface area contributed by atoms with Crippen molar-refractivity contribution in [1.82, 2.24) is 10.6 Å². The van der Waals surface area contributed by atoms with E-state index >= 15 is 0 Å². The number of halogens is 1. The van der Waals surface area contributed by atoms with Crippen molar-refractivity contribution in [3.05, 3.63) is 29.6 Å². The highest BCUT2D eigenvalue weighted by atomic mass is 19.1. The van der Waals surface area contributed by atoms with Crippen LogP contribution in [0, 0.1) is 11.7 Å². The molecule has 1 amide bonds. The molecule has 1 aromatic carbocycles. The van der Waals surface area contributed by atoms with Crippen LogP contribution in [-0.4, -0.2) is 25.1 Å². The zero-order chi connectivity index (χ0) is 15.2. The number of para-hydroxylation sites is 1. The number of amides is 1. The zero-order valence-electron chi connectivity index (χ0n) is 12.6. The number of hydrogen-bond acceptors (Lipinski definition) is 3. The van der Waals surface area contributed by atoms with Crippen molar-refractivity contribution in [1.29, 1.82) is 0 Å². The van der Waals surface area contributed by atoms with Crippen LogP contribution in [0.4, 0.5) is 4.39 Å². The summed E-state index contributed by atoms with van der Waals surface area (Å²) in [6.07, 6.45) is 2.34. The first kappa shape index (κ1) is 15.8. The van der Waals surface area contributed by atoms with E-state index in [0.717, 1.165) is 5.56 Å². The van der Waals surface area contributed by atoms with Crippen LogP contribution in [0.15, 0.2) is 18.2 Å². The van der Waals surface area contributed by atoms with Crippen LogP contribution in [0.3, 0.4) is 0 Å². The molecule has 0 spiro atoms. The Morgan fingerprint density at radius 3 is 2.86 bits per heavy atom. The molecule has 0 bridgehead atoms. The highest BCUT2D eigenvalue weighted by molar-refractivity contribution is 5.77. The summed E-state index contributed by atoms with van der Waals surface area (Å²) in [6, 6.07) is 5.36. The van der Waals surface area contributed by atoms with Gasteiger partial charge in [0.05, 0.1) is 0 Å². The Balaban J connectivity index is 1.89. The molecule has 0 unspecified atom stereocenters. The van der Waals surface area contributed by atoms with Crippen LogP contribution in [-0.2, 0) is 11.3 Å². The van der Waals surface area contributed by atoms with E-state index in [0.29, 0.717) is 25.0 Å². The molecule has 0 aliphatic heterocycles. The Morgan fingerprint density at radius 1 is 1.43 bits per heavy atom. The van der Waals surface area contributed by atoms with Gasteiger partial charge >= 0.3 is 0 Å². The van der Waals surface area contributed by atoms with Crippen molar-refractivity contribution in [3.8, 4) is 5.75 Å². The SMILES string of the molecule is CC(C)CNC(=O)COc1c(F)cccc1CNC1CC1. The van der Waals surface area contributed by atoms with E-state index in [1.165, 1.54) is 18.9 Å². The molecule has 21 heavy (non-hydrogen) atoms. The molecule has 1 aromatic rings. The van der Waals surface area contributed by atoms with Gasteiger partial charge in [-0.25, -0.2) is 4.39 Å². The fraction of sp³-hybridized carbons (Fsp3) is 0.562. The fourth-order valence-electron chi connectivity index (χ4n) is 1.90. The largest absolute Gasteiger partial charge is 0.480 e. The summed E-state index contributed by atoms with van der Waals surface area (Å²) in [5, 5.41) is 6.07. The van der Waals surface area contributed by atoms with Crippen molar-refractivity contribution in [2.45, 2.75) is 39.3 Å². The maximum absolute atomic E-state index is 13.9. The van der Waals surface area contributed by atoms with Crippen LogP contribution in [0.5, 0.6) is 5.75 Å². The lowest BCUT2D eigenvalue weighted by Gasteiger charge is -2.13. The molecule has 0 atom stereocenters. The summed E-state index contributed by atoms with van der Waals surface area (Å²) < 4.78 is 19.3. The van der Waals surface area contributed by atoms with Crippen LogP contribution < -0.4 is 15.4 Å². The molecule has 2 rings (SSSR count). The molecule has 0 saturated heterocycles. The van der Waals surface area contributed by atoms with Crippen molar-refractivity contribution >= 4 is 5.91 Å². The molecule has 5 heteroatoms. The Kier molecular flexibility index (Phi) is 5.56.